The molecule has 162 valence electrons. The minimum absolute atomic E-state index is 0.0716. The van der Waals surface area contributed by atoms with Crippen molar-refractivity contribution in [2.45, 2.75) is 42.8 Å². The molecule has 2 aliphatic rings. The highest BCUT2D eigenvalue weighted by Gasteiger charge is 2.27. The average Bonchev–Trinajstić information content (AvgIpc) is 3.39. The first kappa shape index (κ1) is 21.6. The number of aromatic nitrogens is 3. The van der Waals surface area contributed by atoms with Crippen LogP contribution in [0.4, 0.5) is 11.6 Å². The lowest BCUT2D eigenvalue weighted by molar-refractivity contribution is -0.115. The number of rotatable bonds is 7. The summed E-state index contributed by atoms with van der Waals surface area (Å²) in [4.78, 5) is 14.9. The zero-order chi connectivity index (χ0) is 20.9. The number of nitrogens with one attached hydrogen (secondary N) is 1. The van der Waals surface area contributed by atoms with E-state index in [0.29, 0.717) is 19.8 Å². The Labute approximate surface area is 188 Å². The summed E-state index contributed by atoms with van der Waals surface area (Å²) in [5.74, 6) is 0.758. The Bertz CT molecular complexity index is 868. The lowest BCUT2D eigenvalue weighted by Gasteiger charge is -2.28. The van der Waals surface area contributed by atoms with Crippen molar-refractivity contribution in [1.82, 2.24) is 14.8 Å². The maximum absolute atomic E-state index is 12.7. The van der Waals surface area contributed by atoms with E-state index < -0.39 is 0 Å². The number of benzene rings is 1. The van der Waals surface area contributed by atoms with Gasteiger partial charge < -0.3 is 19.7 Å². The summed E-state index contributed by atoms with van der Waals surface area (Å²) in [5.41, 5.74) is 0.761. The highest BCUT2D eigenvalue weighted by molar-refractivity contribution is 9.10. The van der Waals surface area contributed by atoms with Crippen molar-refractivity contribution < 1.29 is 14.3 Å². The maximum Gasteiger partial charge on any atom is 0.237 e. The molecule has 0 saturated carbocycles. The van der Waals surface area contributed by atoms with Crippen LogP contribution in [0, 0.1) is 0 Å². The predicted molar refractivity (Wildman–Crippen MR) is 120 cm³/mol. The molecule has 3 heterocycles. The van der Waals surface area contributed by atoms with E-state index in [1.807, 2.05) is 31.2 Å². The molecule has 0 unspecified atom stereocenters. The molecule has 2 atom stereocenters. The molecule has 1 amide bonds. The van der Waals surface area contributed by atoms with E-state index in [0.717, 1.165) is 53.8 Å². The summed E-state index contributed by atoms with van der Waals surface area (Å²) in [5, 5.41) is 12.3. The van der Waals surface area contributed by atoms with Gasteiger partial charge in [0.05, 0.1) is 31.1 Å². The summed E-state index contributed by atoms with van der Waals surface area (Å²) >= 11 is 4.85. The number of halogens is 1. The van der Waals surface area contributed by atoms with Crippen molar-refractivity contribution in [2.24, 2.45) is 0 Å². The molecule has 0 bridgehead atoms. The van der Waals surface area contributed by atoms with Crippen LogP contribution in [0.15, 0.2) is 33.9 Å². The topological polar surface area (TPSA) is 81.5 Å². The molecular weight excluding hydrogens is 470 g/mol. The van der Waals surface area contributed by atoms with E-state index in [4.69, 9.17) is 9.47 Å². The Morgan fingerprint density at radius 1 is 1.33 bits per heavy atom. The monoisotopic (exact) mass is 495 g/mol. The molecule has 8 nitrogen and oxygen atoms in total. The van der Waals surface area contributed by atoms with E-state index in [1.165, 1.54) is 11.8 Å². The van der Waals surface area contributed by atoms with Gasteiger partial charge in [-0.1, -0.05) is 33.8 Å². The van der Waals surface area contributed by atoms with Crippen molar-refractivity contribution >= 4 is 45.2 Å². The third-order valence-corrected chi connectivity index (χ3v) is 6.72. The summed E-state index contributed by atoms with van der Waals surface area (Å²) in [6, 6.07) is 7.57. The third-order valence-electron chi connectivity index (χ3n) is 5.15. The molecule has 1 N–H and O–H groups in total. The van der Waals surface area contributed by atoms with Crippen LogP contribution in [-0.4, -0.2) is 64.9 Å². The Balaban J connectivity index is 1.48. The number of carbonyl (C=O) groups is 1. The fourth-order valence-electron chi connectivity index (χ4n) is 3.54. The van der Waals surface area contributed by atoms with Crippen LogP contribution in [-0.2, 0) is 20.8 Å². The molecular formula is C20H26BrN5O3S. The van der Waals surface area contributed by atoms with Crippen molar-refractivity contribution in [3.63, 3.8) is 0 Å². The molecule has 0 radical (unpaired) electrons. The Hall–Kier alpha value is -1.62. The highest BCUT2D eigenvalue weighted by atomic mass is 79.9. The van der Waals surface area contributed by atoms with Crippen LogP contribution in [0.1, 0.15) is 19.8 Å². The quantitative estimate of drug-likeness (QED) is 0.590. The minimum atomic E-state index is -0.325. The number of nitrogens with zero attached hydrogens (tertiary/aromatic N) is 4. The summed E-state index contributed by atoms with van der Waals surface area (Å²) in [7, 11) is 0. The first-order valence-electron chi connectivity index (χ1n) is 10.2. The molecule has 0 spiro atoms. The summed E-state index contributed by atoms with van der Waals surface area (Å²) in [6.07, 6.45) is 2.27. The van der Waals surface area contributed by atoms with E-state index in [9.17, 15) is 4.79 Å². The zero-order valence-corrected chi connectivity index (χ0v) is 19.3. The number of hydrogen-bond donors (Lipinski definition) is 1. The molecule has 1 aromatic heterocycles. The summed E-state index contributed by atoms with van der Waals surface area (Å²) in [6.45, 7) is 6.31. The van der Waals surface area contributed by atoms with Crippen LogP contribution in [0.25, 0.3) is 0 Å². The second-order valence-electron chi connectivity index (χ2n) is 7.39. The molecule has 4 rings (SSSR count). The van der Waals surface area contributed by atoms with Crippen molar-refractivity contribution in [3.05, 3.63) is 28.7 Å². The van der Waals surface area contributed by atoms with Gasteiger partial charge in [-0.05, 0) is 38.0 Å². The molecule has 10 heteroatoms. The van der Waals surface area contributed by atoms with E-state index in [-0.39, 0.29) is 17.3 Å². The molecule has 2 saturated heterocycles. The van der Waals surface area contributed by atoms with Crippen LogP contribution in [0.3, 0.4) is 0 Å². The van der Waals surface area contributed by atoms with Gasteiger partial charge in [-0.2, -0.15) is 0 Å². The third kappa shape index (κ3) is 5.35. The number of morpholine rings is 1. The Morgan fingerprint density at radius 2 is 2.17 bits per heavy atom. The lowest BCUT2D eigenvalue weighted by atomic mass is 10.2. The smallest absolute Gasteiger partial charge is 0.237 e. The van der Waals surface area contributed by atoms with Crippen molar-refractivity contribution in [1.29, 1.82) is 0 Å². The number of carbonyl (C=O) groups excluding carboxylic acids is 1. The lowest BCUT2D eigenvalue weighted by Crippen LogP contribution is -2.38. The van der Waals surface area contributed by atoms with Crippen LogP contribution in [0.2, 0.25) is 0 Å². The molecule has 30 heavy (non-hydrogen) atoms. The fraction of sp³-hybridized carbons (Fsp3) is 0.550. The molecule has 1 aromatic carbocycles. The van der Waals surface area contributed by atoms with Crippen LogP contribution < -0.4 is 10.2 Å². The first-order valence-corrected chi connectivity index (χ1v) is 11.9. The van der Waals surface area contributed by atoms with Gasteiger partial charge in [0.15, 0.2) is 5.16 Å². The second-order valence-corrected chi connectivity index (χ2v) is 9.61. The highest BCUT2D eigenvalue weighted by Crippen LogP contribution is 2.29. The van der Waals surface area contributed by atoms with Crippen LogP contribution >= 0.6 is 27.7 Å². The standard InChI is InChI=1S/C20H26BrN5O3S/c1-14(18(27)22-16-5-2-4-15(21)12-16)30-20-24-23-19(25-7-10-28-11-8-25)26(20)13-17-6-3-9-29-17/h2,4-5,12,14,17H,3,6-11,13H2,1H3,(H,22,27)/t14-,17+/m1/s1. The van der Waals surface area contributed by atoms with Gasteiger partial charge >= 0.3 is 0 Å². The maximum atomic E-state index is 12.7. The number of anilines is 2. The van der Waals surface area contributed by atoms with Gasteiger partial charge in [0.1, 0.15) is 0 Å². The molecule has 2 aromatic rings. The number of thioether (sulfide) groups is 1. The van der Waals surface area contributed by atoms with Crippen molar-refractivity contribution in [3.8, 4) is 0 Å². The number of hydrogen-bond acceptors (Lipinski definition) is 7. The second kappa shape index (κ2) is 10.1. The zero-order valence-electron chi connectivity index (χ0n) is 16.9. The number of ether oxygens (including phenoxy) is 2. The van der Waals surface area contributed by atoms with Gasteiger partial charge in [-0.25, -0.2) is 0 Å². The largest absolute Gasteiger partial charge is 0.378 e. The predicted octanol–water partition coefficient (Wildman–Crippen LogP) is 3.18. The van der Waals surface area contributed by atoms with Gasteiger partial charge in [0, 0.05) is 29.9 Å². The van der Waals surface area contributed by atoms with Gasteiger partial charge in [0.2, 0.25) is 11.9 Å². The number of amides is 1. The van der Waals surface area contributed by atoms with Crippen LogP contribution in [0.5, 0.6) is 0 Å². The minimum Gasteiger partial charge on any atom is -0.378 e. The normalized spacial score (nSPS) is 20.3. The van der Waals surface area contributed by atoms with Crippen molar-refractivity contribution in [2.75, 3.05) is 43.1 Å². The van der Waals surface area contributed by atoms with E-state index in [2.05, 4.69) is 40.9 Å². The molecule has 2 fully saturated rings. The summed E-state index contributed by atoms with van der Waals surface area (Å²) < 4.78 is 14.4. The van der Waals surface area contributed by atoms with Gasteiger partial charge in [-0.3, -0.25) is 9.36 Å². The molecule has 2 aliphatic heterocycles. The Morgan fingerprint density at radius 3 is 2.90 bits per heavy atom. The van der Waals surface area contributed by atoms with E-state index >= 15 is 0 Å². The Kier molecular flexibility index (Phi) is 7.29. The fourth-order valence-corrected chi connectivity index (χ4v) is 4.79. The SMILES string of the molecule is C[C@@H](Sc1nnc(N2CCOCC2)n1C[C@@H]1CCCO1)C(=O)Nc1cccc(Br)c1. The van der Waals surface area contributed by atoms with Gasteiger partial charge in [-0.15, -0.1) is 10.2 Å². The average molecular weight is 496 g/mol. The van der Waals surface area contributed by atoms with Gasteiger partial charge in [0.25, 0.3) is 0 Å². The van der Waals surface area contributed by atoms with E-state index in [1.54, 1.807) is 0 Å². The first-order chi connectivity index (χ1) is 14.6. The molecule has 0 aliphatic carbocycles.